The number of para-hydroxylation sites is 2. The molecule has 0 saturated carbocycles. The summed E-state index contributed by atoms with van der Waals surface area (Å²) in [7, 11) is 0. The van der Waals surface area contributed by atoms with E-state index in [0.29, 0.717) is 34.4 Å². The molecule has 2 amide bonds. The average Bonchev–Trinajstić information content (AvgIpc) is 2.78. The van der Waals surface area contributed by atoms with Gasteiger partial charge in [-0.05, 0) is 72.8 Å². The molecule has 0 aliphatic rings. The summed E-state index contributed by atoms with van der Waals surface area (Å²) in [5.41, 5.74) is 1.02. The number of anilines is 2. The van der Waals surface area contributed by atoms with Crippen molar-refractivity contribution in [2.45, 2.75) is 0 Å². The largest absolute Gasteiger partial charge is 0.508 e. The number of phenolic OH excluding ortho intramolecular Hbond substituents is 2. The van der Waals surface area contributed by atoms with Gasteiger partial charge in [-0.15, -0.1) is 0 Å². The van der Waals surface area contributed by atoms with Crippen molar-refractivity contribution in [3.8, 4) is 34.5 Å². The molecule has 7 nitrogen and oxygen atoms in total. The van der Waals surface area contributed by atoms with Gasteiger partial charge in [0.25, 0.3) is 0 Å². The third-order valence-electron chi connectivity index (χ3n) is 4.36. The molecule has 0 aliphatic heterocycles. The van der Waals surface area contributed by atoms with Crippen molar-refractivity contribution in [3.63, 3.8) is 0 Å². The fraction of sp³-hybridized carbons (Fsp3) is 0. The average molecular weight is 428 g/mol. The zero-order chi connectivity index (χ0) is 22.3. The van der Waals surface area contributed by atoms with Crippen molar-refractivity contribution in [2.24, 2.45) is 0 Å². The lowest BCUT2D eigenvalue weighted by atomic mass is 10.2. The maximum Gasteiger partial charge on any atom is 0.323 e. The van der Waals surface area contributed by atoms with Gasteiger partial charge < -0.3 is 30.3 Å². The fourth-order valence-corrected chi connectivity index (χ4v) is 2.87. The van der Waals surface area contributed by atoms with E-state index in [1.807, 2.05) is 0 Å². The topological polar surface area (TPSA) is 100 Å². The molecule has 0 unspecified atom stereocenters. The predicted octanol–water partition coefficient (Wildman–Crippen LogP) is 6.33. The van der Waals surface area contributed by atoms with E-state index >= 15 is 0 Å². The fourth-order valence-electron chi connectivity index (χ4n) is 2.87. The molecule has 4 aromatic carbocycles. The molecule has 0 bridgehead atoms. The molecule has 0 aliphatic carbocycles. The Balaban J connectivity index is 1.42. The molecule has 0 radical (unpaired) electrons. The number of hydrogen-bond donors (Lipinski definition) is 4. The summed E-state index contributed by atoms with van der Waals surface area (Å²) >= 11 is 0. The summed E-state index contributed by atoms with van der Waals surface area (Å²) in [6.07, 6.45) is 0. The van der Waals surface area contributed by atoms with Crippen LogP contribution in [-0.2, 0) is 0 Å². The van der Waals surface area contributed by atoms with Crippen LogP contribution in [0.2, 0.25) is 0 Å². The van der Waals surface area contributed by atoms with Crippen LogP contribution in [0.15, 0.2) is 97.1 Å². The smallest absolute Gasteiger partial charge is 0.323 e. The van der Waals surface area contributed by atoms with Gasteiger partial charge in [-0.1, -0.05) is 18.2 Å². The van der Waals surface area contributed by atoms with Gasteiger partial charge >= 0.3 is 6.03 Å². The summed E-state index contributed by atoms with van der Waals surface area (Å²) in [6.45, 7) is 0. The molecule has 7 heteroatoms. The van der Waals surface area contributed by atoms with E-state index in [1.165, 1.54) is 24.3 Å². The minimum absolute atomic E-state index is 0.139. The molecule has 4 rings (SSSR count). The summed E-state index contributed by atoms with van der Waals surface area (Å²) in [5, 5.41) is 24.3. The van der Waals surface area contributed by atoms with E-state index < -0.39 is 6.03 Å². The summed E-state index contributed by atoms with van der Waals surface area (Å²) in [5.74, 6) is 2.36. The minimum Gasteiger partial charge on any atom is -0.508 e. The van der Waals surface area contributed by atoms with Crippen molar-refractivity contribution < 1.29 is 24.5 Å². The molecule has 160 valence electrons. The van der Waals surface area contributed by atoms with Gasteiger partial charge in [0, 0.05) is 11.8 Å². The van der Waals surface area contributed by atoms with Crippen molar-refractivity contribution in [2.75, 3.05) is 10.6 Å². The third kappa shape index (κ3) is 5.48. The first kappa shape index (κ1) is 20.6. The van der Waals surface area contributed by atoms with Crippen LogP contribution in [0.5, 0.6) is 34.5 Å². The van der Waals surface area contributed by atoms with E-state index in [0.717, 1.165) is 0 Å². The molecule has 0 fully saturated rings. The lowest BCUT2D eigenvalue weighted by molar-refractivity contribution is 0.262. The Morgan fingerprint density at radius 3 is 1.94 bits per heavy atom. The van der Waals surface area contributed by atoms with Crippen LogP contribution < -0.4 is 20.1 Å². The SMILES string of the molecule is O=C(Nc1cccc(Oc2ccc(O)cc2)c1)Nc1ccccc1Oc1ccc(O)cc1. The molecule has 0 spiro atoms. The van der Waals surface area contributed by atoms with Crippen LogP contribution in [0, 0.1) is 0 Å². The van der Waals surface area contributed by atoms with E-state index in [2.05, 4.69) is 10.6 Å². The molecular formula is C25H20N2O5. The van der Waals surface area contributed by atoms with E-state index in [-0.39, 0.29) is 11.5 Å². The monoisotopic (exact) mass is 428 g/mol. The zero-order valence-electron chi connectivity index (χ0n) is 16.9. The number of rotatable bonds is 6. The van der Waals surface area contributed by atoms with Crippen molar-refractivity contribution >= 4 is 17.4 Å². The number of aromatic hydroxyl groups is 2. The van der Waals surface area contributed by atoms with Crippen LogP contribution in [0.1, 0.15) is 0 Å². The Hall–Kier alpha value is -4.65. The van der Waals surface area contributed by atoms with Gasteiger partial charge in [0.2, 0.25) is 0 Å². The van der Waals surface area contributed by atoms with Gasteiger partial charge in [0.1, 0.15) is 28.7 Å². The summed E-state index contributed by atoms with van der Waals surface area (Å²) < 4.78 is 11.6. The van der Waals surface area contributed by atoms with Crippen LogP contribution in [0.25, 0.3) is 0 Å². The molecule has 0 heterocycles. The Morgan fingerprint density at radius 1 is 0.625 bits per heavy atom. The van der Waals surface area contributed by atoms with Crippen LogP contribution >= 0.6 is 0 Å². The van der Waals surface area contributed by atoms with Crippen LogP contribution in [0.3, 0.4) is 0 Å². The normalized spacial score (nSPS) is 10.2. The van der Waals surface area contributed by atoms with Crippen molar-refractivity contribution in [3.05, 3.63) is 97.1 Å². The summed E-state index contributed by atoms with van der Waals surface area (Å²) in [4.78, 5) is 12.6. The lowest BCUT2D eigenvalue weighted by Crippen LogP contribution is -2.19. The van der Waals surface area contributed by atoms with E-state index in [1.54, 1.807) is 72.8 Å². The second-order valence-corrected chi connectivity index (χ2v) is 6.80. The first-order valence-corrected chi connectivity index (χ1v) is 9.76. The highest BCUT2D eigenvalue weighted by Gasteiger charge is 2.09. The Kier molecular flexibility index (Phi) is 6.08. The van der Waals surface area contributed by atoms with Gasteiger partial charge in [-0.2, -0.15) is 0 Å². The van der Waals surface area contributed by atoms with E-state index in [9.17, 15) is 15.0 Å². The maximum absolute atomic E-state index is 12.6. The highest BCUT2D eigenvalue weighted by molar-refractivity contribution is 6.00. The molecule has 4 aromatic rings. The molecule has 0 aromatic heterocycles. The predicted molar refractivity (Wildman–Crippen MR) is 122 cm³/mol. The maximum atomic E-state index is 12.6. The second-order valence-electron chi connectivity index (χ2n) is 6.80. The number of hydrogen-bond acceptors (Lipinski definition) is 5. The highest BCUT2D eigenvalue weighted by atomic mass is 16.5. The Morgan fingerprint density at radius 2 is 1.25 bits per heavy atom. The highest BCUT2D eigenvalue weighted by Crippen LogP contribution is 2.30. The quantitative estimate of drug-likeness (QED) is 0.288. The number of benzene rings is 4. The molecule has 4 N–H and O–H groups in total. The number of carbonyl (C=O) groups is 1. The lowest BCUT2D eigenvalue weighted by Gasteiger charge is -2.13. The van der Waals surface area contributed by atoms with Crippen LogP contribution in [0.4, 0.5) is 16.2 Å². The molecule has 32 heavy (non-hydrogen) atoms. The molecular weight excluding hydrogens is 408 g/mol. The third-order valence-corrected chi connectivity index (χ3v) is 4.36. The number of carbonyl (C=O) groups excluding carboxylic acids is 1. The zero-order valence-corrected chi connectivity index (χ0v) is 16.9. The Bertz CT molecular complexity index is 1210. The van der Waals surface area contributed by atoms with Gasteiger partial charge in [0.05, 0.1) is 5.69 Å². The van der Waals surface area contributed by atoms with Gasteiger partial charge in [-0.3, -0.25) is 0 Å². The standard InChI is InChI=1S/C25H20N2O5/c28-18-8-12-20(13-9-18)31-22-5-3-4-17(16-22)26-25(30)27-23-6-1-2-7-24(23)32-21-14-10-19(29)11-15-21/h1-16,28-29H,(H2,26,27,30). The number of amides is 2. The molecule has 0 saturated heterocycles. The van der Waals surface area contributed by atoms with Crippen LogP contribution in [-0.4, -0.2) is 16.2 Å². The number of phenols is 2. The van der Waals surface area contributed by atoms with Crippen molar-refractivity contribution in [1.82, 2.24) is 0 Å². The summed E-state index contributed by atoms with van der Waals surface area (Å²) in [6, 6.07) is 26.2. The second kappa shape index (κ2) is 9.44. The number of nitrogens with one attached hydrogen (secondary N) is 2. The molecule has 0 atom stereocenters. The Labute approximate surface area is 184 Å². The minimum atomic E-state index is -0.450. The number of ether oxygens (including phenoxy) is 2. The van der Waals surface area contributed by atoms with Crippen molar-refractivity contribution in [1.29, 1.82) is 0 Å². The first-order chi connectivity index (χ1) is 15.5. The van der Waals surface area contributed by atoms with Gasteiger partial charge in [-0.25, -0.2) is 4.79 Å². The number of urea groups is 1. The first-order valence-electron chi connectivity index (χ1n) is 9.76. The van der Waals surface area contributed by atoms with Gasteiger partial charge in [0.15, 0.2) is 5.75 Å². The van der Waals surface area contributed by atoms with E-state index in [4.69, 9.17) is 9.47 Å².